The summed E-state index contributed by atoms with van der Waals surface area (Å²) >= 11 is 0. The smallest absolute Gasteiger partial charge is 0.287 e. The van der Waals surface area contributed by atoms with Crippen molar-refractivity contribution in [2.45, 2.75) is 13.0 Å². The molecule has 0 aliphatic carbocycles. The Hall–Kier alpha value is -3.48. The first-order chi connectivity index (χ1) is 14.0. The fourth-order valence-electron chi connectivity index (χ4n) is 2.97. The molecule has 29 heavy (non-hydrogen) atoms. The summed E-state index contributed by atoms with van der Waals surface area (Å²) in [6.07, 6.45) is 0. The van der Waals surface area contributed by atoms with Gasteiger partial charge in [-0.25, -0.2) is 4.39 Å². The molecule has 1 amide bonds. The second kappa shape index (κ2) is 8.68. The molecule has 1 heterocycles. The number of nitrogens with one attached hydrogen (secondary N) is 1. The van der Waals surface area contributed by atoms with Crippen LogP contribution in [0.2, 0.25) is 0 Å². The summed E-state index contributed by atoms with van der Waals surface area (Å²) in [5, 5.41) is 2.85. The minimum Gasteiger partial charge on any atom is -0.493 e. The van der Waals surface area contributed by atoms with Crippen molar-refractivity contribution in [1.29, 1.82) is 0 Å². The number of benzene rings is 2. The van der Waals surface area contributed by atoms with Gasteiger partial charge in [0, 0.05) is 0 Å². The van der Waals surface area contributed by atoms with Crippen LogP contribution in [0.1, 0.15) is 29.1 Å². The number of carbonyl (C=O) groups excluding carboxylic acids is 1. The summed E-state index contributed by atoms with van der Waals surface area (Å²) < 4.78 is 35.5. The van der Waals surface area contributed by atoms with E-state index in [9.17, 15) is 9.18 Å². The van der Waals surface area contributed by atoms with Gasteiger partial charge in [0.2, 0.25) is 5.75 Å². The fraction of sp³-hybridized carbons (Fsp3) is 0.227. The number of furan rings is 1. The van der Waals surface area contributed by atoms with E-state index in [0.29, 0.717) is 22.8 Å². The summed E-state index contributed by atoms with van der Waals surface area (Å²) in [6, 6.07) is 12.5. The number of ether oxygens (including phenoxy) is 3. The Morgan fingerprint density at radius 3 is 2.24 bits per heavy atom. The lowest BCUT2D eigenvalue weighted by atomic mass is 10.1. The molecule has 1 aromatic heterocycles. The van der Waals surface area contributed by atoms with Crippen LogP contribution in [0.3, 0.4) is 0 Å². The van der Waals surface area contributed by atoms with E-state index in [1.165, 1.54) is 33.5 Å². The average Bonchev–Trinajstić information content (AvgIpc) is 3.23. The van der Waals surface area contributed by atoms with Gasteiger partial charge in [-0.3, -0.25) is 4.79 Å². The van der Waals surface area contributed by atoms with Crippen molar-refractivity contribution >= 4 is 5.91 Å². The summed E-state index contributed by atoms with van der Waals surface area (Å²) in [6.45, 7) is 1.82. The quantitative estimate of drug-likeness (QED) is 0.629. The van der Waals surface area contributed by atoms with Crippen molar-refractivity contribution in [1.82, 2.24) is 5.32 Å². The number of rotatable bonds is 7. The zero-order chi connectivity index (χ0) is 21.0. The van der Waals surface area contributed by atoms with E-state index in [1.54, 1.807) is 36.4 Å². The van der Waals surface area contributed by atoms with Gasteiger partial charge in [0.25, 0.3) is 5.91 Å². The second-order valence-electron chi connectivity index (χ2n) is 6.30. The first kappa shape index (κ1) is 20.3. The summed E-state index contributed by atoms with van der Waals surface area (Å²) in [7, 11) is 4.57. The molecule has 7 heteroatoms. The Morgan fingerprint density at radius 1 is 1.00 bits per heavy atom. The lowest BCUT2D eigenvalue weighted by molar-refractivity contribution is 0.0912. The van der Waals surface area contributed by atoms with Crippen molar-refractivity contribution in [2.24, 2.45) is 0 Å². The number of methoxy groups -OCH3 is 3. The van der Waals surface area contributed by atoms with Crippen molar-refractivity contribution in [3.8, 4) is 28.6 Å². The number of hydrogen-bond donors (Lipinski definition) is 1. The van der Waals surface area contributed by atoms with E-state index in [-0.39, 0.29) is 17.6 Å². The van der Waals surface area contributed by atoms with Crippen LogP contribution < -0.4 is 19.5 Å². The molecule has 0 aliphatic heterocycles. The number of carbonyl (C=O) groups is 1. The zero-order valence-electron chi connectivity index (χ0n) is 16.6. The molecule has 0 radical (unpaired) electrons. The van der Waals surface area contributed by atoms with E-state index < -0.39 is 11.7 Å². The van der Waals surface area contributed by atoms with Gasteiger partial charge in [0.15, 0.2) is 17.3 Å². The highest BCUT2D eigenvalue weighted by Gasteiger charge is 2.20. The van der Waals surface area contributed by atoms with Crippen molar-refractivity contribution in [2.75, 3.05) is 21.3 Å². The van der Waals surface area contributed by atoms with Crippen LogP contribution in [0.5, 0.6) is 17.2 Å². The first-order valence-corrected chi connectivity index (χ1v) is 8.94. The Balaban J connectivity index is 1.80. The van der Waals surface area contributed by atoms with Gasteiger partial charge in [0.1, 0.15) is 11.6 Å². The molecule has 3 rings (SSSR count). The largest absolute Gasteiger partial charge is 0.493 e. The molecule has 0 bridgehead atoms. The second-order valence-corrected chi connectivity index (χ2v) is 6.30. The highest BCUT2D eigenvalue weighted by atomic mass is 19.1. The summed E-state index contributed by atoms with van der Waals surface area (Å²) in [4.78, 5) is 12.6. The molecule has 1 N–H and O–H groups in total. The van der Waals surface area contributed by atoms with E-state index >= 15 is 0 Å². The minimum atomic E-state index is -0.422. The average molecular weight is 399 g/mol. The van der Waals surface area contributed by atoms with Gasteiger partial charge in [0.05, 0.1) is 32.9 Å². The third kappa shape index (κ3) is 4.18. The van der Waals surface area contributed by atoms with Gasteiger partial charge >= 0.3 is 0 Å². The predicted molar refractivity (Wildman–Crippen MR) is 106 cm³/mol. The maximum Gasteiger partial charge on any atom is 0.287 e. The standard InChI is InChI=1S/C22H22FNO5/c1-13(14-11-19(26-2)21(28-4)20(12-14)27-3)24-22(25)18-10-9-17(29-18)15-7-5-6-8-16(15)23/h5-13H,1-4H3,(H,24,25). The van der Waals surface area contributed by atoms with Crippen LogP contribution in [0.25, 0.3) is 11.3 Å². The van der Waals surface area contributed by atoms with Crippen LogP contribution >= 0.6 is 0 Å². The third-order valence-corrected chi connectivity index (χ3v) is 4.50. The Bertz CT molecular complexity index is 989. The van der Waals surface area contributed by atoms with E-state index in [2.05, 4.69) is 5.32 Å². The van der Waals surface area contributed by atoms with Crippen LogP contribution in [0.4, 0.5) is 4.39 Å². The molecule has 152 valence electrons. The third-order valence-electron chi connectivity index (χ3n) is 4.50. The lowest BCUT2D eigenvalue weighted by Gasteiger charge is -2.18. The molecule has 0 saturated heterocycles. The Kier molecular flexibility index (Phi) is 6.07. The van der Waals surface area contributed by atoms with Gasteiger partial charge in [-0.1, -0.05) is 12.1 Å². The maximum atomic E-state index is 13.9. The molecule has 1 atom stereocenters. The van der Waals surface area contributed by atoms with Crippen LogP contribution in [0, 0.1) is 5.82 Å². The highest BCUT2D eigenvalue weighted by Crippen LogP contribution is 2.39. The van der Waals surface area contributed by atoms with Gasteiger partial charge in [-0.05, 0) is 48.9 Å². The Morgan fingerprint density at radius 2 is 1.66 bits per heavy atom. The van der Waals surface area contributed by atoms with Crippen molar-refractivity contribution in [3.63, 3.8) is 0 Å². The van der Waals surface area contributed by atoms with E-state index in [1.807, 2.05) is 6.92 Å². The SMILES string of the molecule is COc1cc(C(C)NC(=O)c2ccc(-c3ccccc3F)o2)cc(OC)c1OC. The molecule has 2 aromatic carbocycles. The normalized spacial score (nSPS) is 11.6. The van der Waals surface area contributed by atoms with E-state index in [4.69, 9.17) is 18.6 Å². The molecule has 3 aromatic rings. The molecule has 0 fully saturated rings. The zero-order valence-corrected chi connectivity index (χ0v) is 16.6. The van der Waals surface area contributed by atoms with Crippen LogP contribution in [0.15, 0.2) is 52.9 Å². The van der Waals surface area contributed by atoms with Gasteiger partial charge < -0.3 is 23.9 Å². The van der Waals surface area contributed by atoms with Crippen molar-refractivity contribution < 1.29 is 27.8 Å². The lowest BCUT2D eigenvalue weighted by Crippen LogP contribution is -2.26. The van der Waals surface area contributed by atoms with Gasteiger partial charge in [-0.2, -0.15) is 0 Å². The first-order valence-electron chi connectivity index (χ1n) is 8.94. The molecule has 0 spiro atoms. The topological polar surface area (TPSA) is 69.9 Å². The van der Waals surface area contributed by atoms with Crippen molar-refractivity contribution in [3.05, 3.63) is 65.7 Å². The summed E-state index contributed by atoms with van der Waals surface area (Å²) in [5.41, 5.74) is 1.05. The molecule has 0 aliphatic rings. The number of hydrogen-bond acceptors (Lipinski definition) is 5. The maximum absolute atomic E-state index is 13.9. The molecule has 6 nitrogen and oxygen atoms in total. The minimum absolute atomic E-state index is 0.0857. The number of amides is 1. The molecular formula is C22H22FNO5. The molecular weight excluding hydrogens is 377 g/mol. The van der Waals surface area contributed by atoms with E-state index in [0.717, 1.165) is 5.56 Å². The van der Waals surface area contributed by atoms with Crippen LogP contribution in [-0.2, 0) is 0 Å². The fourth-order valence-corrected chi connectivity index (χ4v) is 2.97. The van der Waals surface area contributed by atoms with Crippen LogP contribution in [-0.4, -0.2) is 27.2 Å². The molecule has 0 saturated carbocycles. The Labute approximate surface area is 168 Å². The highest BCUT2D eigenvalue weighted by molar-refractivity contribution is 5.92. The van der Waals surface area contributed by atoms with Gasteiger partial charge in [-0.15, -0.1) is 0 Å². The predicted octanol–water partition coefficient (Wildman–Crippen LogP) is 4.60. The number of halogens is 1. The molecule has 1 unspecified atom stereocenters. The monoisotopic (exact) mass is 399 g/mol. The summed E-state index contributed by atoms with van der Waals surface area (Å²) in [5.74, 6) is 0.980.